The molecule has 0 unspecified atom stereocenters. The Hall–Kier alpha value is -0.250. The highest BCUT2D eigenvalue weighted by Crippen LogP contribution is 2.34. The van der Waals surface area contributed by atoms with Crippen LogP contribution in [0.25, 0.3) is 0 Å². The van der Waals surface area contributed by atoms with Gasteiger partial charge < -0.3 is 9.79 Å². The highest BCUT2D eigenvalue weighted by molar-refractivity contribution is 7.50. The van der Waals surface area contributed by atoms with E-state index in [1.54, 1.807) is 0 Å². The molecule has 0 atom stereocenters. The molecule has 0 bridgehead atoms. The van der Waals surface area contributed by atoms with Crippen molar-refractivity contribution in [1.29, 1.82) is 0 Å². The van der Waals surface area contributed by atoms with Gasteiger partial charge in [0.2, 0.25) is 0 Å². The maximum absolute atomic E-state index is 9.22. The second kappa shape index (κ2) is 1.47. The van der Waals surface area contributed by atoms with Gasteiger partial charge in [0.1, 0.15) is 0 Å². The van der Waals surface area contributed by atoms with Gasteiger partial charge in [-0.05, 0) is 0 Å². The van der Waals surface area contributed by atoms with Gasteiger partial charge in [-0.25, -0.2) is 4.57 Å². The maximum atomic E-state index is 9.22. The van der Waals surface area contributed by atoms with Gasteiger partial charge in [0.25, 0.3) is 0 Å². The Bertz CT molecular complexity index is 89.7. The van der Waals surface area contributed by atoms with Gasteiger partial charge in [-0.15, -0.1) is 4.91 Å². The van der Waals surface area contributed by atoms with Crippen LogP contribution < -0.4 is 0 Å². The lowest BCUT2D eigenvalue weighted by Gasteiger charge is -1.81. The minimum atomic E-state index is -4.58. The summed E-state index contributed by atoms with van der Waals surface area (Å²) in [4.78, 5) is 25.2. The molecule has 5 nitrogen and oxygen atoms in total. The number of nitrogens with zero attached hydrogens (tertiary/aromatic N) is 1. The third kappa shape index (κ3) is 3.75. The molecule has 0 aromatic rings. The molecule has 0 heterocycles. The van der Waals surface area contributed by atoms with E-state index in [2.05, 4.69) is 0 Å². The van der Waals surface area contributed by atoms with E-state index in [4.69, 9.17) is 14.7 Å². The Balaban J connectivity index is 3.81. The summed E-state index contributed by atoms with van der Waals surface area (Å²) >= 11 is 0. The molecular formula is H2NO4P. The molecule has 0 aromatic carbocycles. The fraction of sp³-hybridized carbons (Fsp3) is 0. The molecule has 0 amide bonds. The van der Waals surface area contributed by atoms with Gasteiger partial charge >= 0.3 is 7.75 Å². The Morgan fingerprint density at radius 3 is 1.67 bits per heavy atom. The average Bonchev–Trinajstić information content (AvgIpc) is 1.35. The van der Waals surface area contributed by atoms with Gasteiger partial charge in [-0.3, -0.25) is 0 Å². The summed E-state index contributed by atoms with van der Waals surface area (Å²) in [5, 5.41) is 0. The minimum absolute atomic E-state index is 1.44. The maximum Gasteiger partial charge on any atom is 0.484 e. The first-order valence-corrected chi connectivity index (χ1v) is 2.53. The van der Waals surface area contributed by atoms with Crippen molar-refractivity contribution in [2.45, 2.75) is 0 Å². The van der Waals surface area contributed by atoms with Crippen molar-refractivity contribution in [2.75, 3.05) is 0 Å². The minimum Gasteiger partial charge on any atom is -0.305 e. The summed E-state index contributed by atoms with van der Waals surface area (Å²) in [6.45, 7) is 0. The summed E-state index contributed by atoms with van der Waals surface area (Å²) in [5.41, 5.74) is 0. The van der Waals surface area contributed by atoms with Crippen molar-refractivity contribution in [3.8, 4) is 0 Å². The summed E-state index contributed by atoms with van der Waals surface area (Å²) in [6, 6.07) is 0. The Morgan fingerprint density at radius 2 is 1.67 bits per heavy atom. The Kier molecular flexibility index (Phi) is 1.40. The van der Waals surface area contributed by atoms with Crippen LogP contribution in [0.3, 0.4) is 0 Å². The molecule has 6 heteroatoms. The Labute approximate surface area is 33.2 Å². The van der Waals surface area contributed by atoms with E-state index in [0.717, 1.165) is 0 Å². The lowest BCUT2D eigenvalue weighted by atomic mass is 13.7. The van der Waals surface area contributed by atoms with Crippen LogP contribution in [0.4, 0.5) is 0 Å². The number of hydrogen-bond donors (Lipinski definition) is 2. The van der Waals surface area contributed by atoms with Gasteiger partial charge in [0.05, 0.1) is 0 Å². The van der Waals surface area contributed by atoms with Crippen LogP contribution in [0.2, 0.25) is 0 Å². The van der Waals surface area contributed by atoms with Gasteiger partial charge in [0.15, 0.2) is 0 Å². The van der Waals surface area contributed by atoms with E-state index in [1.165, 1.54) is 4.95 Å². The van der Waals surface area contributed by atoms with Crippen molar-refractivity contribution >= 4 is 7.75 Å². The van der Waals surface area contributed by atoms with E-state index in [1.807, 2.05) is 0 Å². The molecule has 0 saturated carbocycles. The number of hydrogen-bond acceptors (Lipinski definition) is 2. The lowest BCUT2D eigenvalue weighted by Crippen LogP contribution is -1.63. The molecule has 36 valence electrons. The third-order valence-electron chi connectivity index (χ3n) is 0.106. The second-order valence-electron chi connectivity index (χ2n) is 0.595. The highest BCUT2D eigenvalue weighted by atomic mass is 31.2. The smallest absolute Gasteiger partial charge is 0.305 e. The van der Waals surface area contributed by atoms with E-state index in [-0.39, 0.29) is 0 Å². The summed E-state index contributed by atoms with van der Waals surface area (Å²) < 4.78 is 9.22. The third-order valence-corrected chi connectivity index (χ3v) is 0.319. The Morgan fingerprint density at radius 1 is 1.50 bits per heavy atom. The van der Waals surface area contributed by atoms with Crippen LogP contribution >= 0.6 is 7.75 Å². The molecule has 2 N–H and O–H groups in total. The predicted octanol–water partition coefficient (Wildman–Crippen LogP) is -0.154. The number of nitroso groups, excluding NO2 is 1. The van der Waals surface area contributed by atoms with Crippen molar-refractivity contribution < 1.29 is 14.4 Å². The molecule has 0 rings (SSSR count). The predicted molar refractivity (Wildman–Crippen MR) is 17.8 cm³/mol. The highest BCUT2D eigenvalue weighted by Gasteiger charge is 2.09. The zero-order chi connectivity index (χ0) is 5.21. The molecule has 0 fully saturated rings. The molecular weight excluding hydrogens is 109 g/mol. The monoisotopic (exact) mass is 111 g/mol. The van der Waals surface area contributed by atoms with Crippen LogP contribution in [0, 0.1) is 4.91 Å². The molecule has 0 spiro atoms. The summed E-state index contributed by atoms with van der Waals surface area (Å²) in [6.07, 6.45) is 0. The second-order valence-corrected chi connectivity index (χ2v) is 1.78. The van der Waals surface area contributed by atoms with Gasteiger partial charge in [0, 0.05) is 4.95 Å². The molecule has 0 aromatic heterocycles. The zero-order valence-electron chi connectivity index (χ0n) is 2.61. The van der Waals surface area contributed by atoms with Crippen LogP contribution in [0.5, 0.6) is 0 Å². The van der Waals surface area contributed by atoms with Gasteiger partial charge in [-0.1, -0.05) is 0 Å². The first-order valence-electron chi connectivity index (χ1n) is 0.965. The van der Waals surface area contributed by atoms with E-state index < -0.39 is 7.75 Å². The van der Waals surface area contributed by atoms with Crippen molar-refractivity contribution in [1.82, 2.24) is 0 Å². The van der Waals surface area contributed by atoms with E-state index in [0.29, 0.717) is 0 Å². The number of rotatable bonds is 1. The summed E-state index contributed by atoms with van der Waals surface area (Å²) in [5.74, 6) is 0. The normalized spacial score (nSPS) is 11.0. The van der Waals surface area contributed by atoms with E-state index in [9.17, 15) is 4.57 Å². The molecule has 0 radical (unpaired) electrons. The van der Waals surface area contributed by atoms with E-state index >= 15 is 0 Å². The van der Waals surface area contributed by atoms with Crippen molar-refractivity contribution in [2.24, 2.45) is 4.95 Å². The van der Waals surface area contributed by atoms with Crippen LogP contribution in [0.1, 0.15) is 0 Å². The quantitative estimate of drug-likeness (QED) is 0.363. The topological polar surface area (TPSA) is 87.0 Å². The van der Waals surface area contributed by atoms with Crippen LogP contribution in [-0.4, -0.2) is 9.79 Å². The summed E-state index contributed by atoms with van der Waals surface area (Å²) in [7, 11) is -4.58. The van der Waals surface area contributed by atoms with Gasteiger partial charge in [-0.2, -0.15) is 0 Å². The standard InChI is InChI=1S/H2NO4P/c2-1-6(3,4)5/h(H2,3,4,5). The fourth-order valence-corrected chi connectivity index (χ4v) is 0. The largest absolute Gasteiger partial charge is 0.484 e. The van der Waals surface area contributed by atoms with Crippen LogP contribution in [0.15, 0.2) is 4.95 Å². The average molecular weight is 111 g/mol. The van der Waals surface area contributed by atoms with Crippen molar-refractivity contribution in [3.05, 3.63) is 4.91 Å². The molecule has 0 aliphatic heterocycles. The fourth-order valence-electron chi connectivity index (χ4n) is 0. The van der Waals surface area contributed by atoms with Crippen molar-refractivity contribution in [3.63, 3.8) is 0 Å². The molecule has 6 heavy (non-hydrogen) atoms. The first-order chi connectivity index (χ1) is 2.56. The van der Waals surface area contributed by atoms with Crippen LogP contribution in [-0.2, 0) is 4.57 Å². The first kappa shape index (κ1) is 5.75. The SMILES string of the molecule is O=NP(=O)(O)O. The molecule has 0 aliphatic carbocycles. The molecule has 0 aliphatic rings. The lowest BCUT2D eigenvalue weighted by molar-refractivity contribution is 0.374. The zero-order valence-corrected chi connectivity index (χ0v) is 3.50. The molecule has 0 saturated heterocycles.